The second-order valence-electron chi connectivity index (χ2n) is 8.01. The van der Waals surface area contributed by atoms with Gasteiger partial charge in [-0.2, -0.15) is 0 Å². The van der Waals surface area contributed by atoms with Crippen LogP contribution in [0.25, 0.3) is 22.6 Å². The normalized spacial score (nSPS) is 10.9. The van der Waals surface area contributed by atoms with Gasteiger partial charge in [-0.1, -0.05) is 66.7 Å². The first-order valence-electron chi connectivity index (χ1n) is 10.4. The molecule has 4 rings (SSSR count). The van der Waals surface area contributed by atoms with Crippen LogP contribution in [0.5, 0.6) is 0 Å². The van der Waals surface area contributed by atoms with Crippen molar-refractivity contribution < 1.29 is 19.1 Å². The monoisotopic (exact) mass is 424 g/mol. The summed E-state index contributed by atoms with van der Waals surface area (Å²) in [6.07, 6.45) is 0. The van der Waals surface area contributed by atoms with Crippen molar-refractivity contribution in [2.75, 3.05) is 0 Å². The van der Waals surface area contributed by atoms with E-state index >= 15 is 0 Å². The van der Waals surface area contributed by atoms with Gasteiger partial charge in [0.2, 0.25) is 0 Å². The molecule has 4 heteroatoms. The van der Waals surface area contributed by atoms with Crippen molar-refractivity contribution in [2.45, 2.75) is 27.7 Å². The molecule has 1 aromatic heterocycles. The van der Waals surface area contributed by atoms with Crippen LogP contribution in [0.4, 0.5) is 0 Å². The maximum absolute atomic E-state index is 14.0. The molecule has 0 radical (unpaired) electrons. The van der Waals surface area contributed by atoms with Gasteiger partial charge in [0.15, 0.2) is 5.78 Å². The van der Waals surface area contributed by atoms with Crippen molar-refractivity contribution in [3.8, 4) is 22.6 Å². The highest BCUT2D eigenvalue weighted by Gasteiger charge is 2.33. The van der Waals surface area contributed by atoms with Crippen molar-refractivity contribution in [1.82, 2.24) is 0 Å². The first kappa shape index (κ1) is 21.3. The van der Waals surface area contributed by atoms with E-state index in [9.17, 15) is 14.7 Å². The lowest BCUT2D eigenvalue weighted by atomic mass is 9.87. The summed E-state index contributed by atoms with van der Waals surface area (Å²) in [7, 11) is 0. The number of benzene rings is 3. The van der Waals surface area contributed by atoms with E-state index in [-0.39, 0.29) is 28.4 Å². The Bertz CT molecular complexity index is 1300. The van der Waals surface area contributed by atoms with Crippen LogP contribution in [0.15, 0.2) is 71.1 Å². The summed E-state index contributed by atoms with van der Waals surface area (Å²) in [5.74, 6) is -1.09. The minimum atomic E-state index is -1.20. The van der Waals surface area contributed by atoms with Gasteiger partial charge < -0.3 is 9.52 Å². The number of rotatable bonds is 5. The Kier molecular flexibility index (Phi) is 5.54. The largest absolute Gasteiger partial charge is 0.478 e. The fourth-order valence-corrected chi connectivity index (χ4v) is 4.12. The predicted octanol–water partition coefficient (Wildman–Crippen LogP) is 6.78. The molecule has 32 heavy (non-hydrogen) atoms. The number of aryl methyl sites for hydroxylation is 2. The van der Waals surface area contributed by atoms with E-state index in [4.69, 9.17) is 4.42 Å². The third-order valence-corrected chi connectivity index (χ3v) is 6.01. The second-order valence-corrected chi connectivity index (χ2v) is 8.01. The molecule has 0 aliphatic carbocycles. The molecule has 0 aliphatic rings. The zero-order valence-electron chi connectivity index (χ0n) is 18.5. The third-order valence-electron chi connectivity index (χ3n) is 6.01. The van der Waals surface area contributed by atoms with Crippen LogP contribution in [0.1, 0.15) is 48.5 Å². The Morgan fingerprint density at radius 3 is 1.53 bits per heavy atom. The van der Waals surface area contributed by atoms with E-state index in [0.717, 1.165) is 22.3 Å². The van der Waals surface area contributed by atoms with Crippen LogP contribution in [-0.2, 0) is 0 Å². The molecular formula is C28H24O4. The van der Waals surface area contributed by atoms with Gasteiger partial charge in [-0.3, -0.25) is 4.79 Å². The number of carbonyl (C=O) groups is 2. The molecular weight excluding hydrogens is 400 g/mol. The number of hydrogen-bond acceptors (Lipinski definition) is 3. The van der Waals surface area contributed by atoms with Crippen molar-refractivity contribution in [1.29, 1.82) is 0 Å². The Morgan fingerprint density at radius 1 is 0.656 bits per heavy atom. The zero-order chi connectivity index (χ0) is 23.0. The highest BCUT2D eigenvalue weighted by Crippen LogP contribution is 2.39. The van der Waals surface area contributed by atoms with E-state index in [1.54, 1.807) is 12.1 Å². The van der Waals surface area contributed by atoms with E-state index in [0.29, 0.717) is 16.7 Å². The van der Waals surface area contributed by atoms with E-state index < -0.39 is 5.97 Å². The minimum absolute atomic E-state index is 0.0822. The summed E-state index contributed by atoms with van der Waals surface area (Å²) in [6.45, 7) is 7.71. The molecule has 0 unspecified atom stereocenters. The van der Waals surface area contributed by atoms with E-state index in [2.05, 4.69) is 0 Å². The number of ketones is 1. The minimum Gasteiger partial charge on any atom is -0.478 e. The lowest BCUT2D eigenvalue weighted by Crippen LogP contribution is -2.13. The average molecular weight is 424 g/mol. The zero-order valence-corrected chi connectivity index (χ0v) is 18.5. The van der Waals surface area contributed by atoms with Crippen LogP contribution in [0.3, 0.4) is 0 Å². The van der Waals surface area contributed by atoms with Crippen LogP contribution >= 0.6 is 0 Å². The molecule has 0 saturated heterocycles. The molecule has 1 N–H and O–H groups in total. The summed E-state index contributed by atoms with van der Waals surface area (Å²) in [5, 5.41) is 10.2. The molecule has 4 nitrogen and oxygen atoms in total. The Morgan fingerprint density at radius 2 is 1.09 bits per heavy atom. The number of carboxylic acid groups (broad SMARTS) is 1. The molecule has 4 aromatic rings. The number of carbonyl (C=O) groups excluding carboxylic acids is 1. The quantitative estimate of drug-likeness (QED) is 0.359. The molecule has 1 heterocycles. The lowest BCUT2D eigenvalue weighted by Gasteiger charge is -2.15. The van der Waals surface area contributed by atoms with Gasteiger partial charge in [0.25, 0.3) is 0 Å². The first-order valence-corrected chi connectivity index (χ1v) is 10.4. The topological polar surface area (TPSA) is 67.5 Å². The molecule has 0 spiro atoms. The van der Waals surface area contributed by atoms with Crippen LogP contribution in [-0.4, -0.2) is 16.9 Å². The fourth-order valence-electron chi connectivity index (χ4n) is 4.12. The smallest absolute Gasteiger partial charge is 0.340 e. The van der Waals surface area contributed by atoms with Gasteiger partial charge in [0.05, 0.1) is 5.56 Å². The summed E-state index contributed by atoms with van der Waals surface area (Å²) >= 11 is 0. The molecule has 0 aliphatic heterocycles. The molecule has 0 atom stereocenters. The summed E-state index contributed by atoms with van der Waals surface area (Å²) in [4.78, 5) is 26.5. The standard InChI is InChI=1S/C28H24O4/c1-16-15-17(2)19(4)22(18(16)3)25(29)23-24(28(30)31)27(21-13-9-6-10-14-21)32-26(23)20-11-7-5-8-12-20/h5-15H,1-4H3,(H,30,31). The van der Waals surface area contributed by atoms with Gasteiger partial charge in [-0.15, -0.1) is 0 Å². The highest BCUT2D eigenvalue weighted by atomic mass is 16.4. The summed E-state index contributed by atoms with van der Waals surface area (Å²) in [5.41, 5.74) is 5.42. The Hall–Kier alpha value is -3.92. The molecule has 0 saturated carbocycles. The van der Waals surface area contributed by atoms with Crippen LogP contribution < -0.4 is 0 Å². The van der Waals surface area contributed by atoms with Gasteiger partial charge in [0.1, 0.15) is 17.1 Å². The van der Waals surface area contributed by atoms with Gasteiger partial charge in [-0.25, -0.2) is 4.79 Å². The van der Waals surface area contributed by atoms with Gasteiger partial charge in [-0.05, 0) is 49.9 Å². The fraction of sp³-hybridized carbons (Fsp3) is 0.143. The number of hydrogen-bond donors (Lipinski definition) is 1. The van der Waals surface area contributed by atoms with Crippen molar-refractivity contribution in [3.05, 3.63) is 106 Å². The maximum atomic E-state index is 14.0. The van der Waals surface area contributed by atoms with Crippen molar-refractivity contribution in [3.63, 3.8) is 0 Å². The number of aromatic carboxylic acids is 1. The third kappa shape index (κ3) is 3.54. The predicted molar refractivity (Wildman–Crippen MR) is 125 cm³/mol. The second kappa shape index (κ2) is 8.31. The molecule has 0 bridgehead atoms. The molecule has 160 valence electrons. The van der Waals surface area contributed by atoms with E-state index in [1.165, 1.54) is 0 Å². The average Bonchev–Trinajstić information content (AvgIpc) is 3.20. The van der Waals surface area contributed by atoms with Crippen molar-refractivity contribution >= 4 is 11.8 Å². The lowest BCUT2D eigenvalue weighted by molar-refractivity contribution is 0.0693. The molecule has 0 amide bonds. The summed E-state index contributed by atoms with van der Waals surface area (Å²) < 4.78 is 6.16. The SMILES string of the molecule is Cc1cc(C)c(C)c(C(=O)c2c(-c3ccccc3)oc(-c3ccccc3)c2C(=O)O)c1C. The van der Waals surface area contributed by atoms with Crippen LogP contribution in [0.2, 0.25) is 0 Å². The van der Waals surface area contributed by atoms with Gasteiger partial charge >= 0.3 is 5.97 Å². The maximum Gasteiger partial charge on any atom is 0.340 e. The molecule has 0 fully saturated rings. The van der Waals surface area contributed by atoms with Crippen LogP contribution in [0, 0.1) is 27.7 Å². The van der Waals surface area contributed by atoms with Gasteiger partial charge in [0, 0.05) is 16.7 Å². The number of carboxylic acids is 1. The Balaban J connectivity index is 2.09. The Labute approximate surface area is 187 Å². The highest BCUT2D eigenvalue weighted by molar-refractivity contribution is 6.20. The number of furan rings is 1. The first-order chi connectivity index (χ1) is 15.3. The van der Waals surface area contributed by atoms with Crippen molar-refractivity contribution in [2.24, 2.45) is 0 Å². The molecule has 3 aromatic carbocycles. The summed E-state index contributed by atoms with van der Waals surface area (Å²) in [6, 6.07) is 20.2. The van der Waals surface area contributed by atoms with E-state index in [1.807, 2.05) is 82.3 Å².